The summed E-state index contributed by atoms with van der Waals surface area (Å²) in [6.45, 7) is 2.32. The van der Waals surface area contributed by atoms with Crippen molar-refractivity contribution in [3.05, 3.63) is 17.2 Å². The van der Waals surface area contributed by atoms with Crippen LogP contribution in [0.5, 0.6) is 0 Å². The minimum atomic E-state index is 0.674. The van der Waals surface area contributed by atoms with E-state index in [1.54, 1.807) is 0 Å². The fraction of sp³-hybridized carbons (Fsp3) is 0.812. The summed E-state index contributed by atoms with van der Waals surface area (Å²) in [6.07, 6.45) is 13.7. The van der Waals surface area contributed by atoms with Gasteiger partial charge in [0.25, 0.3) is 0 Å². The Bertz CT molecular complexity index is 388. The van der Waals surface area contributed by atoms with E-state index in [0.29, 0.717) is 5.92 Å². The second kappa shape index (κ2) is 5.46. The Hall–Kier alpha value is -0.790. The second-order valence-electron chi connectivity index (χ2n) is 6.38. The molecular weight excluding hydrogens is 220 g/mol. The van der Waals surface area contributed by atoms with Gasteiger partial charge in [-0.3, -0.25) is 0 Å². The predicted octanol–water partition coefficient (Wildman–Crippen LogP) is 4.36. The number of rotatable bonds is 3. The highest BCUT2D eigenvalue weighted by Crippen LogP contribution is 2.31. The molecular formula is C16H26N2. The number of fused-ring (bicyclic) bond motifs is 1. The van der Waals surface area contributed by atoms with Gasteiger partial charge in [0.05, 0.1) is 5.69 Å². The summed E-state index contributed by atoms with van der Waals surface area (Å²) in [5.41, 5.74) is 2.81. The molecule has 0 bridgehead atoms. The van der Waals surface area contributed by atoms with Crippen LogP contribution in [0.1, 0.15) is 81.4 Å². The number of nitrogens with one attached hydrogen (secondary N) is 1. The molecule has 1 heterocycles. The first kappa shape index (κ1) is 12.3. The van der Waals surface area contributed by atoms with Crippen LogP contribution in [-0.4, -0.2) is 9.97 Å². The second-order valence-corrected chi connectivity index (χ2v) is 6.38. The highest BCUT2D eigenvalue weighted by molar-refractivity contribution is 5.21. The maximum Gasteiger partial charge on any atom is 0.106 e. The highest BCUT2D eigenvalue weighted by Gasteiger charge is 2.21. The Morgan fingerprint density at radius 2 is 1.94 bits per heavy atom. The first-order chi connectivity index (χ1) is 8.83. The molecule has 2 aliphatic carbocycles. The summed E-state index contributed by atoms with van der Waals surface area (Å²) >= 11 is 0. The lowest BCUT2D eigenvalue weighted by molar-refractivity contribution is 0.337. The third-order valence-corrected chi connectivity index (χ3v) is 4.90. The normalized spacial score (nSPS) is 25.1. The van der Waals surface area contributed by atoms with Crippen LogP contribution in [0.4, 0.5) is 0 Å². The van der Waals surface area contributed by atoms with Crippen LogP contribution >= 0.6 is 0 Å². The molecule has 0 spiro atoms. The smallest absolute Gasteiger partial charge is 0.106 e. The van der Waals surface area contributed by atoms with Gasteiger partial charge in [-0.25, -0.2) is 4.98 Å². The standard InChI is InChI=1S/C16H26N2/c1-12-6-5-9-14-16(12)18-15(17-14)11-10-13-7-3-2-4-8-13/h12-13H,2-11H2,1H3,(H,17,18). The zero-order valence-electron chi connectivity index (χ0n) is 11.7. The van der Waals surface area contributed by atoms with Gasteiger partial charge in [-0.2, -0.15) is 0 Å². The van der Waals surface area contributed by atoms with E-state index in [1.807, 2.05) is 0 Å². The zero-order valence-corrected chi connectivity index (χ0v) is 11.7. The molecule has 0 saturated heterocycles. The van der Waals surface area contributed by atoms with Crippen LogP contribution in [0.3, 0.4) is 0 Å². The average molecular weight is 246 g/mol. The molecule has 1 unspecified atom stereocenters. The Kier molecular flexibility index (Phi) is 3.72. The van der Waals surface area contributed by atoms with Gasteiger partial charge in [0.2, 0.25) is 0 Å². The van der Waals surface area contributed by atoms with E-state index in [-0.39, 0.29) is 0 Å². The van der Waals surface area contributed by atoms with E-state index in [1.165, 1.54) is 81.4 Å². The van der Waals surface area contributed by atoms with Gasteiger partial charge in [-0.15, -0.1) is 0 Å². The van der Waals surface area contributed by atoms with Crippen molar-refractivity contribution in [1.29, 1.82) is 0 Å². The van der Waals surface area contributed by atoms with Crippen LogP contribution in [0.25, 0.3) is 0 Å². The number of H-pyrrole nitrogens is 1. The summed E-state index contributed by atoms with van der Waals surface area (Å²) in [5.74, 6) is 2.91. The fourth-order valence-electron chi connectivity index (χ4n) is 3.73. The molecule has 1 aromatic rings. The molecule has 0 aliphatic heterocycles. The Balaban J connectivity index is 1.59. The van der Waals surface area contributed by atoms with E-state index in [2.05, 4.69) is 11.9 Å². The molecule has 2 heteroatoms. The van der Waals surface area contributed by atoms with Crippen molar-refractivity contribution in [1.82, 2.24) is 9.97 Å². The first-order valence-electron chi connectivity index (χ1n) is 7.90. The van der Waals surface area contributed by atoms with E-state index in [4.69, 9.17) is 4.98 Å². The third-order valence-electron chi connectivity index (χ3n) is 4.90. The molecule has 100 valence electrons. The zero-order chi connectivity index (χ0) is 12.4. The van der Waals surface area contributed by atoms with Crippen molar-refractivity contribution >= 4 is 0 Å². The molecule has 0 amide bonds. The molecule has 0 aromatic carbocycles. The summed E-state index contributed by atoms with van der Waals surface area (Å²) in [7, 11) is 0. The van der Waals surface area contributed by atoms with Gasteiger partial charge in [0, 0.05) is 18.0 Å². The summed E-state index contributed by atoms with van der Waals surface area (Å²) in [4.78, 5) is 8.45. The minimum absolute atomic E-state index is 0.674. The Morgan fingerprint density at radius 3 is 2.72 bits per heavy atom. The third kappa shape index (κ3) is 2.62. The quantitative estimate of drug-likeness (QED) is 0.843. The number of hydrogen-bond donors (Lipinski definition) is 1. The van der Waals surface area contributed by atoms with E-state index in [0.717, 1.165) is 5.92 Å². The number of nitrogens with zero attached hydrogens (tertiary/aromatic N) is 1. The summed E-state index contributed by atoms with van der Waals surface area (Å²) in [5, 5.41) is 0. The monoisotopic (exact) mass is 246 g/mol. The van der Waals surface area contributed by atoms with E-state index >= 15 is 0 Å². The lowest BCUT2D eigenvalue weighted by atomic mass is 9.86. The number of aromatic amines is 1. The van der Waals surface area contributed by atoms with Gasteiger partial charge < -0.3 is 4.98 Å². The SMILES string of the molecule is CC1CCCc2[nH]c(CCC3CCCCC3)nc21. The number of aromatic nitrogens is 2. The molecule has 1 aromatic heterocycles. The Morgan fingerprint density at radius 1 is 1.11 bits per heavy atom. The fourth-order valence-corrected chi connectivity index (χ4v) is 3.73. The van der Waals surface area contributed by atoms with Crippen LogP contribution < -0.4 is 0 Å². The van der Waals surface area contributed by atoms with Crippen molar-refractivity contribution in [3.63, 3.8) is 0 Å². The van der Waals surface area contributed by atoms with Gasteiger partial charge in [-0.1, -0.05) is 39.0 Å². The van der Waals surface area contributed by atoms with Crippen LogP contribution in [0.15, 0.2) is 0 Å². The summed E-state index contributed by atoms with van der Waals surface area (Å²) < 4.78 is 0. The maximum atomic E-state index is 4.86. The van der Waals surface area contributed by atoms with E-state index < -0.39 is 0 Å². The molecule has 1 N–H and O–H groups in total. The molecule has 0 radical (unpaired) electrons. The largest absolute Gasteiger partial charge is 0.346 e. The lowest BCUT2D eigenvalue weighted by Crippen LogP contribution is -2.07. The van der Waals surface area contributed by atoms with Crippen LogP contribution in [-0.2, 0) is 12.8 Å². The van der Waals surface area contributed by atoms with Gasteiger partial charge >= 0.3 is 0 Å². The molecule has 3 rings (SSSR count). The van der Waals surface area contributed by atoms with Gasteiger partial charge in [0.1, 0.15) is 5.82 Å². The van der Waals surface area contributed by atoms with Crippen LogP contribution in [0.2, 0.25) is 0 Å². The molecule has 18 heavy (non-hydrogen) atoms. The van der Waals surface area contributed by atoms with Crippen molar-refractivity contribution in [2.75, 3.05) is 0 Å². The van der Waals surface area contributed by atoms with Crippen LogP contribution in [0, 0.1) is 5.92 Å². The number of hydrogen-bond acceptors (Lipinski definition) is 1. The predicted molar refractivity (Wildman–Crippen MR) is 74.8 cm³/mol. The van der Waals surface area contributed by atoms with E-state index in [9.17, 15) is 0 Å². The van der Waals surface area contributed by atoms with Crippen molar-refractivity contribution in [2.24, 2.45) is 5.92 Å². The number of imidazole rings is 1. The molecule has 2 aliphatic rings. The number of aryl methyl sites for hydroxylation is 2. The molecule has 2 nitrogen and oxygen atoms in total. The summed E-state index contributed by atoms with van der Waals surface area (Å²) in [6, 6.07) is 0. The first-order valence-corrected chi connectivity index (χ1v) is 7.90. The average Bonchev–Trinajstić information content (AvgIpc) is 2.82. The van der Waals surface area contributed by atoms with Gasteiger partial charge in [0.15, 0.2) is 0 Å². The van der Waals surface area contributed by atoms with Gasteiger partial charge in [-0.05, 0) is 31.6 Å². The highest BCUT2D eigenvalue weighted by atomic mass is 14.9. The topological polar surface area (TPSA) is 28.7 Å². The molecule has 1 fully saturated rings. The minimum Gasteiger partial charge on any atom is -0.346 e. The van der Waals surface area contributed by atoms with Crippen molar-refractivity contribution < 1.29 is 0 Å². The molecule has 1 saturated carbocycles. The maximum absolute atomic E-state index is 4.86. The van der Waals surface area contributed by atoms with Crippen molar-refractivity contribution in [3.8, 4) is 0 Å². The molecule has 1 atom stereocenters. The lowest BCUT2D eigenvalue weighted by Gasteiger charge is -2.20. The van der Waals surface area contributed by atoms with Crippen molar-refractivity contribution in [2.45, 2.75) is 77.0 Å². The Labute approximate surface area is 111 Å².